The Bertz CT molecular complexity index is 411. The minimum atomic E-state index is -0.00204. The zero-order valence-electron chi connectivity index (χ0n) is 6.07. The fourth-order valence-corrected chi connectivity index (χ4v) is 1.88. The van der Waals surface area contributed by atoms with Gasteiger partial charge < -0.3 is 0 Å². The number of thiophene rings is 1. The molecular formula is C8H4N2OS. The largest absolute Gasteiger partial charge is 0.294 e. The number of fused-ring (bicyclic) bond motifs is 1. The molecule has 1 aliphatic heterocycles. The van der Waals surface area contributed by atoms with Gasteiger partial charge in [-0.3, -0.25) is 4.79 Å². The topological polar surface area (TPSA) is 53.2 Å². The Morgan fingerprint density at radius 2 is 2.50 bits per heavy atom. The van der Waals surface area contributed by atoms with E-state index in [0.717, 1.165) is 0 Å². The van der Waals surface area contributed by atoms with Crippen molar-refractivity contribution in [1.29, 1.82) is 5.26 Å². The van der Waals surface area contributed by atoms with Crippen LogP contribution in [-0.4, -0.2) is 11.5 Å². The van der Waals surface area contributed by atoms with Crippen molar-refractivity contribution in [3.63, 3.8) is 0 Å². The molecule has 0 bridgehead atoms. The van der Waals surface area contributed by atoms with E-state index in [2.05, 4.69) is 4.99 Å². The third-order valence-corrected chi connectivity index (χ3v) is 2.45. The molecule has 58 valence electrons. The highest BCUT2D eigenvalue weighted by Crippen LogP contribution is 2.31. The highest BCUT2D eigenvalue weighted by Gasteiger charge is 2.20. The van der Waals surface area contributed by atoms with Crippen LogP contribution in [0.5, 0.6) is 0 Å². The summed E-state index contributed by atoms with van der Waals surface area (Å²) < 4.78 is 0. The molecule has 0 unspecified atom stereocenters. The fraction of sp³-hybridized carbons (Fsp3) is 0.125. The summed E-state index contributed by atoms with van der Waals surface area (Å²) in [6, 6.07) is 3.65. The maximum atomic E-state index is 11.3. The van der Waals surface area contributed by atoms with Gasteiger partial charge >= 0.3 is 0 Å². The van der Waals surface area contributed by atoms with Crippen molar-refractivity contribution < 1.29 is 4.79 Å². The van der Waals surface area contributed by atoms with E-state index >= 15 is 0 Å². The van der Waals surface area contributed by atoms with Crippen molar-refractivity contribution in [2.24, 2.45) is 4.99 Å². The Kier molecular flexibility index (Phi) is 1.52. The lowest BCUT2D eigenvalue weighted by Crippen LogP contribution is -2.09. The standard InChI is InChI=1S/C8H4N2OS/c9-4-5-3-7(11)6-1-2-12-8(6)10-5/h1-2H,3H2. The molecule has 0 aromatic carbocycles. The molecule has 2 heterocycles. The number of carbonyl (C=O) groups excluding carboxylic acids is 1. The summed E-state index contributed by atoms with van der Waals surface area (Å²) >= 11 is 1.39. The van der Waals surface area contributed by atoms with Crippen LogP contribution in [0.25, 0.3) is 0 Å². The average molecular weight is 176 g/mol. The molecule has 0 spiro atoms. The summed E-state index contributed by atoms with van der Waals surface area (Å²) in [6.45, 7) is 0. The van der Waals surface area contributed by atoms with Gasteiger partial charge in [-0.05, 0) is 11.4 Å². The molecule has 0 N–H and O–H groups in total. The monoisotopic (exact) mass is 176 g/mol. The van der Waals surface area contributed by atoms with Gasteiger partial charge in [0.15, 0.2) is 5.78 Å². The van der Waals surface area contributed by atoms with Crippen molar-refractivity contribution in [2.75, 3.05) is 0 Å². The van der Waals surface area contributed by atoms with Crippen LogP contribution in [0.4, 0.5) is 5.00 Å². The molecular weight excluding hydrogens is 172 g/mol. The van der Waals surface area contributed by atoms with Gasteiger partial charge in [-0.2, -0.15) is 5.26 Å². The van der Waals surface area contributed by atoms with Crippen LogP contribution < -0.4 is 0 Å². The minimum Gasteiger partial charge on any atom is -0.294 e. The van der Waals surface area contributed by atoms with Crippen molar-refractivity contribution >= 4 is 27.8 Å². The molecule has 0 saturated heterocycles. The van der Waals surface area contributed by atoms with Crippen LogP contribution in [0.1, 0.15) is 16.8 Å². The molecule has 0 atom stereocenters. The first-order chi connectivity index (χ1) is 5.81. The fourth-order valence-electron chi connectivity index (χ4n) is 1.07. The minimum absolute atomic E-state index is 0.00204. The molecule has 0 radical (unpaired) electrons. The number of aliphatic imine (C=N–C) groups is 1. The van der Waals surface area contributed by atoms with E-state index in [0.29, 0.717) is 16.3 Å². The molecule has 0 amide bonds. The Morgan fingerprint density at radius 1 is 1.67 bits per heavy atom. The van der Waals surface area contributed by atoms with E-state index in [-0.39, 0.29) is 12.2 Å². The lowest BCUT2D eigenvalue weighted by molar-refractivity contribution is 0.100. The second-order valence-corrected chi connectivity index (χ2v) is 3.30. The first kappa shape index (κ1) is 7.19. The second-order valence-electron chi connectivity index (χ2n) is 2.41. The first-order valence-electron chi connectivity index (χ1n) is 3.39. The average Bonchev–Trinajstić information content (AvgIpc) is 2.52. The van der Waals surface area contributed by atoms with Gasteiger partial charge in [-0.1, -0.05) is 0 Å². The molecule has 2 rings (SSSR count). The molecule has 1 aromatic rings. The van der Waals surface area contributed by atoms with Gasteiger partial charge in [-0.15, -0.1) is 11.3 Å². The van der Waals surface area contributed by atoms with E-state index in [1.54, 1.807) is 6.07 Å². The first-order valence-corrected chi connectivity index (χ1v) is 4.27. The van der Waals surface area contributed by atoms with Gasteiger partial charge in [-0.25, -0.2) is 4.99 Å². The normalized spacial score (nSPS) is 14.9. The zero-order chi connectivity index (χ0) is 8.55. The Hall–Kier alpha value is -1.47. The number of carbonyl (C=O) groups is 1. The smallest absolute Gasteiger partial charge is 0.172 e. The summed E-state index contributed by atoms with van der Waals surface area (Å²) in [5.41, 5.74) is 0.967. The van der Waals surface area contributed by atoms with Gasteiger partial charge in [0.25, 0.3) is 0 Å². The van der Waals surface area contributed by atoms with E-state index in [9.17, 15) is 4.79 Å². The van der Waals surface area contributed by atoms with Gasteiger partial charge in [0.05, 0.1) is 12.0 Å². The zero-order valence-corrected chi connectivity index (χ0v) is 6.89. The van der Waals surface area contributed by atoms with Gasteiger partial charge in [0, 0.05) is 0 Å². The number of ketones is 1. The van der Waals surface area contributed by atoms with E-state index in [4.69, 9.17) is 5.26 Å². The Morgan fingerprint density at radius 3 is 3.25 bits per heavy atom. The van der Waals surface area contributed by atoms with Crippen molar-refractivity contribution in [2.45, 2.75) is 6.42 Å². The second kappa shape index (κ2) is 2.54. The molecule has 1 aromatic heterocycles. The number of hydrogen-bond acceptors (Lipinski definition) is 4. The van der Waals surface area contributed by atoms with Gasteiger partial charge in [0.2, 0.25) is 0 Å². The molecule has 1 aliphatic rings. The van der Waals surface area contributed by atoms with Gasteiger partial charge in [0.1, 0.15) is 16.8 Å². The van der Waals surface area contributed by atoms with Crippen LogP contribution in [0.2, 0.25) is 0 Å². The highest BCUT2D eigenvalue weighted by molar-refractivity contribution is 7.14. The number of Topliss-reactive ketones (excluding diaryl/α,β-unsaturated/α-hetero) is 1. The van der Waals surface area contributed by atoms with Crippen LogP contribution >= 0.6 is 11.3 Å². The predicted molar refractivity (Wildman–Crippen MR) is 46.0 cm³/mol. The SMILES string of the molecule is N#CC1=Nc2sccc2C(=O)C1. The van der Waals surface area contributed by atoms with Crippen LogP contribution in [0, 0.1) is 11.3 Å². The molecule has 0 saturated carbocycles. The number of rotatable bonds is 0. The maximum absolute atomic E-state index is 11.3. The summed E-state index contributed by atoms with van der Waals surface area (Å²) in [5, 5.41) is 11.0. The van der Waals surface area contributed by atoms with Crippen LogP contribution in [-0.2, 0) is 0 Å². The van der Waals surface area contributed by atoms with Crippen LogP contribution in [0.3, 0.4) is 0 Å². The quantitative estimate of drug-likeness (QED) is 0.606. The van der Waals surface area contributed by atoms with Crippen LogP contribution in [0.15, 0.2) is 16.4 Å². The molecule has 0 aliphatic carbocycles. The Labute approximate surface area is 73.0 Å². The number of nitrogens with zero attached hydrogens (tertiary/aromatic N) is 2. The molecule has 3 nitrogen and oxygen atoms in total. The lowest BCUT2D eigenvalue weighted by Gasteiger charge is -2.04. The predicted octanol–water partition coefficient (Wildman–Crippen LogP) is 1.93. The van der Waals surface area contributed by atoms with E-state index in [1.807, 2.05) is 11.4 Å². The van der Waals surface area contributed by atoms with Crippen molar-refractivity contribution in [3.8, 4) is 6.07 Å². The number of hydrogen-bond donors (Lipinski definition) is 0. The van der Waals surface area contributed by atoms with Crippen molar-refractivity contribution in [1.82, 2.24) is 0 Å². The van der Waals surface area contributed by atoms with E-state index < -0.39 is 0 Å². The maximum Gasteiger partial charge on any atom is 0.172 e. The van der Waals surface area contributed by atoms with Crippen molar-refractivity contribution in [3.05, 3.63) is 17.0 Å². The third-order valence-electron chi connectivity index (χ3n) is 1.64. The molecule has 12 heavy (non-hydrogen) atoms. The van der Waals surface area contributed by atoms with E-state index in [1.165, 1.54) is 11.3 Å². The summed E-state index contributed by atoms with van der Waals surface area (Å²) in [4.78, 5) is 15.3. The summed E-state index contributed by atoms with van der Waals surface area (Å²) in [5.74, 6) is -0.00204. The lowest BCUT2D eigenvalue weighted by atomic mass is 10.1. The highest BCUT2D eigenvalue weighted by atomic mass is 32.1. The summed E-state index contributed by atoms with van der Waals surface area (Å²) in [6.07, 6.45) is 0.153. The number of nitriles is 1. The molecule has 0 fully saturated rings. The Balaban J connectivity index is 2.58. The summed E-state index contributed by atoms with van der Waals surface area (Å²) in [7, 11) is 0. The molecule has 4 heteroatoms. The third kappa shape index (κ3) is 0.953.